The average molecular weight is 447 g/mol. The summed E-state index contributed by atoms with van der Waals surface area (Å²) in [5.74, 6) is 0.778. The molecule has 1 aromatic rings. The van der Waals surface area contributed by atoms with Crippen molar-refractivity contribution in [3.8, 4) is 11.5 Å². The summed E-state index contributed by atoms with van der Waals surface area (Å²) in [5, 5.41) is 9.22. The minimum Gasteiger partial charge on any atom is -0.490 e. The second kappa shape index (κ2) is 13.7. The first-order valence-corrected chi connectivity index (χ1v) is 13.1. The fourth-order valence-corrected chi connectivity index (χ4v) is 4.79. The lowest BCUT2D eigenvalue weighted by Crippen LogP contribution is -2.26. The lowest BCUT2D eigenvalue weighted by atomic mass is 9.90. The molecule has 1 aliphatic heterocycles. The number of unbranched alkanes of at least 4 members (excludes halogenated alkanes) is 10. The zero-order chi connectivity index (χ0) is 23.5. The molecular weight excluding hydrogens is 400 g/mol. The molecule has 0 saturated carbocycles. The van der Waals surface area contributed by atoms with Crippen LogP contribution in [0, 0.1) is 20.8 Å². The van der Waals surface area contributed by atoms with Gasteiger partial charge in [-0.05, 0) is 70.1 Å². The monoisotopic (exact) mass is 446 g/mol. The van der Waals surface area contributed by atoms with Gasteiger partial charge in [0.15, 0.2) is 6.10 Å². The van der Waals surface area contributed by atoms with Gasteiger partial charge in [-0.1, -0.05) is 71.1 Å². The maximum atomic E-state index is 11.2. The Morgan fingerprint density at radius 3 is 2.06 bits per heavy atom. The van der Waals surface area contributed by atoms with Gasteiger partial charge in [-0.15, -0.1) is 0 Å². The van der Waals surface area contributed by atoms with Crippen LogP contribution in [-0.4, -0.2) is 23.3 Å². The topological polar surface area (TPSA) is 55.8 Å². The van der Waals surface area contributed by atoms with Gasteiger partial charge in [0.2, 0.25) is 0 Å². The maximum Gasteiger partial charge on any atom is 0.344 e. The maximum absolute atomic E-state index is 11.2. The highest BCUT2D eigenvalue weighted by molar-refractivity contribution is 5.72. The molecule has 4 nitrogen and oxygen atoms in total. The molecule has 0 bridgehead atoms. The molecule has 0 aliphatic carbocycles. The Kier molecular flexibility index (Phi) is 11.4. The summed E-state index contributed by atoms with van der Waals surface area (Å²) in [4.78, 5) is 11.2. The molecule has 1 aromatic carbocycles. The van der Waals surface area contributed by atoms with Crippen LogP contribution in [0.1, 0.15) is 120 Å². The van der Waals surface area contributed by atoms with Crippen molar-refractivity contribution < 1.29 is 19.4 Å². The molecule has 2 atom stereocenters. The van der Waals surface area contributed by atoms with Crippen LogP contribution >= 0.6 is 0 Å². The smallest absolute Gasteiger partial charge is 0.344 e. The Balaban J connectivity index is 1.76. The lowest BCUT2D eigenvalue weighted by Gasteiger charge is -2.31. The molecule has 1 unspecified atom stereocenters. The molecule has 0 spiro atoms. The Morgan fingerprint density at radius 2 is 1.50 bits per heavy atom. The van der Waals surface area contributed by atoms with Crippen molar-refractivity contribution >= 4 is 5.97 Å². The Bertz CT molecular complexity index is 725. The Labute approximate surface area is 196 Å². The predicted molar refractivity (Wildman–Crippen MR) is 132 cm³/mol. The summed E-state index contributed by atoms with van der Waals surface area (Å²) in [6.45, 7) is 9.95. The third-order valence-electron chi connectivity index (χ3n) is 7.08. The number of ether oxygens (including phenoxy) is 2. The molecule has 0 saturated heterocycles. The number of carboxylic acids is 1. The number of carboxylic acid groups (broad SMARTS) is 1. The summed E-state index contributed by atoms with van der Waals surface area (Å²) in [6.07, 6.45) is 17.6. The van der Waals surface area contributed by atoms with Crippen LogP contribution in [0.15, 0.2) is 0 Å². The quantitative estimate of drug-likeness (QED) is 0.279. The van der Waals surface area contributed by atoms with E-state index < -0.39 is 12.1 Å². The molecule has 0 aromatic heterocycles. The van der Waals surface area contributed by atoms with E-state index in [0.717, 1.165) is 41.7 Å². The third-order valence-corrected chi connectivity index (χ3v) is 7.08. The highest BCUT2D eigenvalue weighted by Crippen LogP contribution is 2.42. The van der Waals surface area contributed by atoms with E-state index in [0.29, 0.717) is 11.9 Å². The molecule has 2 rings (SSSR count). The number of fused-ring (bicyclic) bond motifs is 1. The summed E-state index contributed by atoms with van der Waals surface area (Å²) >= 11 is 0. The van der Waals surface area contributed by atoms with Gasteiger partial charge >= 0.3 is 5.97 Å². The molecular formula is C28H46O4. The number of carbonyl (C=O) groups is 1. The van der Waals surface area contributed by atoms with Crippen molar-refractivity contribution in [2.24, 2.45) is 0 Å². The van der Waals surface area contributed by atoms with Crippen molar-refractivity contribution in [2.75, 3.05) is 0 Å². The summed E-state index contributed by atoms with van der Waals surface area (Å²) in [5.41, 5.74) is 4.30. The Hall–Kier alpha value is -1.71. The van der Waals surface area contributed by atoms with E-state index in [1.807, 2.05) is 13.8 Å². The van der Waals surface area contributed by atoms with Gasteiger partial charge in [0.1, 0.15) is 11.5 Å². The van der Waals surface area contributed by atoms with Crippen molar-refractivity contribution in [1.29, 1.82) is 0 Å². The van der Waals surface area contributed by atoms with Crippen molar-refractivity contribution in [1.82, 2.24) is 0 Å². The van der Waals surface area contributed by atoms with E-state index in [9.17, 15) is 9.90 Å². The van der Waals surface area contributed by atoms with Gasteiger partial charge in [-0.3, -0.25) is 0 Å². The minimum absolute atomic E-state index is 0.295. The summed E-state index contributed by atoms with van der Waals surface area (Å²) in [6, 6.07) is 0. The molecule has 0 radical (unpaired) electrons. The van der Waals surface area contributed by atoms with Crippen LogP contribution in [-0.2, 0) is 11.2 Å². The molecule has 1 heterocycles. The molecule has 182 valence electrons. The number of aliphatic carboxylic acids is 1. The second-order valence-electron chi connectivity index (χ2n) is 9.71. The standard InChI is InChI=1S/C28H46O4/c1-6-7-8-9-10-11-12-13-14-15-16-17-24-18-19-25-22(4)26(31-23(5)28(29)30)20(2)21(3)27(25)32-24/h23-24H,6-19H2,1-5H3,(H,29,30)/t23?,24-/m1/s1. The van der Waals surface area contributed by atoms with Gasteiger partial charge in [-0.2, -0.15) is 0 Å². The van der Waals surface area contributed by atoms with E-state index in [-0.39, 0.29) is 0 Å². The van der Waals surface area contributed by atoms with E-state index in [4.69, 9.17) is 9.47 Å². The summed E-state index contributed by atoms with van der Waals surface area (Å²) in [7, 11) is 0. The van der Waals surface area contributed by atoms with Crippen molar-refractivity contribution in [3.05, 3.63) is 22.3 Å². The molecule has 1 aliphatic rings. The minimum atomic E-state index is -0.942. The van der Waals surface area contributed by atoms with E-state index in [1.54, 1.807) is 6.92 Å². The van der Waals surface area contributed by atoms with Crippen LogP contribution in [0.25, 0.3) is 0 Å². The lowest BCUT2D eigenvalue weighted by molar-refractivity contribution is -0.144. The largest absolute Gasteiger partial charge is 0.490 e. The highest BCUT2D eigenvalue weighted by atomic mass is 16.5. The van der Waals surface area contributed by atoms with Crippen LogP contribution < -0.4 is 9.47 Å². The van der Waals surface area contributed by atoms with E-state index in [1.165, 1.54) is 76.2 Å². The summed E-state index contributed by atoms with van der Waals surface area (Å²) < 4.78 is 12.3. The normalized spacial score (nSPS) is 16.3. The first-order valence-electron chi connectivity index (χ1n) is 13.1. The molecule has 0 amide bonds. The molecule has 0 fully saturated rings. The highest BCUT2D eigenvalue weighted by Gasteiger charge is 2.27. The van der Waals surface area contributed by atoms with Gasteiger partial charge in [0.25, 0.3) is 0 Å². The van der Waals surface area contributed by atoms with Crippen LogP contribution in [0.3, 0.4) is 0 Å². The number of benzene rings is 1. The van der Waals surface area contributed by atoms with Crippen LogP contribution in [0.2, 0.25) is 0 Å². The second-order valence-corrected chi connectivity index (χ2v) is 9.71. The van der Waals surface area contributed by atoms with Crippen molar-refractivity contribution in [2.45, 2.75) is 137 Å². The zero-order valence-corrected chi connectivity index (χ0v) is 21.2. The van der Waals surface area contributed by atoms with Gasteiger partial charge in [0.05, 0.1) is 6.10 Å². The molecule has 4 heteroatoms. The van der Waals surface area contributed by atoms with E-state index >= 15 is 0 Å². The zero-order valence-electron chi connectivity index (χ0n) is 21.2. The van der Waals surface area contributed by atoms with Gasteiger partial charge in [-0.25, -0.2) is 4.79 Å². The first-order chi connectivity index (χ1) is 15.4. The fraction of sp³-hybridized carbons (Fsp3) is 0.750. The van der Waals surface area contributed by atoms with Crippen molar-refractivity contribution in [3.63, 3.8) is 0 Å². The van der Waals surface area contributed by atoms with Gasteiger partial charge in [0, 0.05) is 5.56 Å². The molecule has 32 heavy (non-hydrogen) atoms. The van der Waals surface area contributed by atoms with Crippen LogP contribution in [0.5, 0.6) is 11.5 Å². The van der Waals surface area contributed by atoms with Crippen LogP contribution in [0.4, 0.5) is 0 Å². The Morgan fingerprint density at radius 1 is 0.938 bits per heavy atom. The fourth-order valence-electron chi connectivity index (χ4n) is 4.79. The van der Waals surface area contributed by atoms with Gasteiger partial charge < -0.3 is 14.6 Å². The molecule has 1 N–H and O–H groups in total. The first kappa shape index (κ1) is 26.5. The number of hydrogen-bond donors (Lipinski definition) is 1. The predicted octanol–water partition coefficient (Wildman–Crippen LogP) is 7.86. The third kappa shape index (κ3) is 7.71. The average Bonchev–Trinajstić information content (AvgIpc) is 2.78. The number of hydrogen-bond acceptors (Lipinski definition) is 3. The van der Waals surface area contributed by atoms with E-state index in [2.05, 4.69) is 13.8 Å². The SMILES string of the molecule is CCCCCCCCCCCCC[C@@H]1CCc2c(C)c(OC(C)C(=O)O)c(C)c(C)c2O1. The number of rotatable bonds is 15.